The van der Waals surface area contributed by atoms with Crippen molar-refractivity contribution in [2.24, 2.45) is 0 Å². The van der Waals surface area contributed by atoms with E-state index in [1.807, 2.05) is 18.7 Å². The van der Waals surface area contributed by atoms with Gasteiger partial charge in [0.05, 0.1) is 11.3 Å². The monoisotopic (exact) mass is 300 g/mol. The number of carboxylic acid groups (broad SMARTS) is 1. The number of rotatable bonds is 6. The number of nitro groups is 1. The summed E-state index contributed by atoms with van der Waals surface area (Å²) < 4.78 is 0. The molecule has 0 aromatic heterocycles. The van der Waals surface area contributed by atoms with Crippen molar-refractivity contribution in [1.29, 1.82) is 0 Å². The molecule has 0 unspecified atom stereocenters. The molecule has 0 bridgehead atoms. The topological polar surface area (TPSA) is 83.7 Å². The number of hydrogen-bond donors (Lipinski definition) is 1. The molecule has 0 atom stereocenters. The summed E-state index contributed by atoms with van der Waals surface area (Å²) in [5.41, 5.74) is 1.27. The summed E-state index contributed by atoms with van der Waals surface area (Å²) >= 11 is 5.92. The highest BCUT2D eigenvalue weighted by Crippen LogP contribution is 2.33. The molecular formula is C13H17ClN2O4. The molecule has 0 saturated carbocycles. The molecule has 6 nitrogen and oxygen atoms in total. The number of anilines is 1. The average molecular weight is 301 g/mol. The zero-order chi connectivity index (χ0) is 15.4. The standard InChI is InChI=1S/C13H17ClN2O4/c1-8(2)15(5-4-13(17)18)11-7-10(14)12(16(19)20)6-9(11)3/h6-8H,4-5H2,1-3H3,(H,17,18). The lowest BCUT2D eigenvalue weighted by Gasteiger charge is -2.30. The predicted molar refractivity (Wildman–Crippen MR) is 77.6 cm³/mol. The van der Waals surface area contributed by atoms with E-state index in [4.69, 9.17) is 16.7 Å². The molecule has 0 aliphatic carbocycles. The number of carboxylic acids is 1. The second-order valence-corrected chi connectivity index (χ2v) is 5.19. The first-order valence-electron chi connectivity index (χ1n) is 6.17. The Morgan fingerprint density at radius 2 is 2.10 bits per heavy atom. The van der Waals surface area contributed by atoms with Gasteiger partial charge in [-0.1, -0.05) is 11.6 Å². The van der Waals surface area contributed by atoms with Crippen molar-refractivity contribution in [2.75, 3.05) is 11.4 Å². The van der Waals surface area contributed by atoms with Crippen LogP contribution in [-0.2, 0) is 4.79 Å². The smallest absolute Gasteiger partial charge is 0.305 e. The van der Waals surface area contributed by atoms with Gasteiger partial charge in [0, 0.05) is 24.3 Å². The number of nitro benzene ring substituents is 1. The quantitative estimate of drug-likeness (QED) is 0.644. The third kappa shape index (κ3) is 3.84. The van der Waals surface area contributed by atoms with E-state index < -0.39 is 10.9 Å². The van der Waals surface area contributed by atoms with Crippen molar-refractivity contribution < 1.29 is 14.8 Å². The average Bonchev–Trinajstić information content (AvgIpc) is 2.31. The lowest BCUT2D eigenvalue weighted by Crippen LogP contribution is -2.33. The van der Waals surface area contributed by atoms with E-state index in [1.54, 1.807) is 6.92 Å². The van der Waals surface area contributed by atoms with Crippen LogP contribution in [0.5, 0.6) is 0 Å². The van der Waals surface area contributed by atoms with Gasteiger partial charge in [-0.15, -0.1) is 0 Å². The number of aryl methyl sites for hydroxylation is 1. The van der Waals surface area contributed by atoms with Crippen molar-refractivity contribution >= 4 is 28.9 Å². The first kappa shape index (κ1) is 16.2. The van der Waals surface area contributed by atoms with Crippen molar-refractivity contribution in [1.82, 2.24) is 0 Å². The van der Waals surface area contributed by atoms with Crippen LogP contribution in [0.4, 0.5) is 11.4 Å². The number of benzene rings is 1. The molecule has 1 aromatic carbocycles. The Bertz CT molecular complexity index is 531. The molecule has 1 N–H and O–H groups in total. The second-order valence-electron chi connectivity index (χ2n) is 4.78. The highest BCUT2D eigenvalue weighted by Gasteiger charge is 2.20. The van der Waals surface area contributed by atoms with Crippen LogP contribution in [0.15, 0.2) is 12.1 Å². The Kier molecular flexibility index (Phi) is 5.33. The van der Waals surface area contributed by atoms with Gasteiger partial charge in [-0.05, 0) is 32.4 Å². The molecule has 1 aromatic rings. The number of carbonyl (C=O) groups is 1. The summed E-state index contributed by atoms with van der Waals surface area (Å²) in [5, 5.41) is 19.7. The predicted octanol–water partition coefficient (Wildman–Crippen LogP) is 3.25. The lowest BCUT2D eigenvalue weighted by molar-refractivity contribution is -0.384. The van der Waals surface area contributed by atoms with Crippen LogP contribution in [0.2, 0.25) is 5.02 Å². The summed E-state index contributed by atoms with van der Waals surface area (Å²) in [7, 11) is 0. The van der Waals surface area contributed by atoms with Gasteiger partial charge in [0.1, 0.15) is 5.02 Å². The first-order valence-corrected chi connectivity index (χ1v) is 6.54. The zero-order valence-corrected chi connectivity index (χ0v) is 12.3. The maximum absolute atomic E-state index is 10.8. The zero-order valence-electron chi connectivity index (χ0n) is 11.6. The largest absolute Gasteiger partial charge is 0.481 e. The van der Waals surface area contributed by atoms with Gasteiger partial charge in [-0.2, -0.15) is 0 Å². The summed E-state index contributed by atoms with van der Waals surface area (Å²) in [4.78, 5) is 22.9. The minimum Gasteiger partial charge on any atom is -0.481 e. The van der Waals surface area contributed by atoms with E-state index in [0.717, 1.165) is 5.69 Å². The SMILES string of the molecule is Cc1cc([N+](=O)[O-])c(Cl)cc1N(CCC(=O)O)C(C)C. The molecule has 7 heteroatoms. The molecule has 0 radical (unpaired) electrons. The molecule has 0 aliphatic rings. The van der Waals surface area contributed by atoms with Crippen LogP contribution in [0.1, 0.15) is 25.8 Å². The molecule has 0 heterocycles. The lowest BCUT2D eigenvalue weighted by atomic mass is 10.1. The fraction of sp³-hybridized carbons (Fsp3) is 0.462. The van der Waals surface area contributed by atoms with E-state index in [2.05, 4.69) is 0 Å². The Morgan fingerprint density at radius 1 is 1.50 bits per heavy atom. The highest BCUT2D eigenvalue weighted by molar-refractivity contribution is 6.33. The summed E-state index contributed by atoms with van der Waals surface area (Å²) in [5.74, 6) is -0.888. The van der Waals surface area contributed by atoms with Crippen LogP contribution >= 0.6 is 11.6 Å². The fourth-order valence-corrected chi connectivity index (χ4v) is 2.20. The molecule has 0 saturated heterocycles. The molecular weight excluding hydrogens is 284 g/mol. The van der Waals surface area contributed by atoms with Crippen molar-refractivity contribution in [3.05, 3.63) is 32.8 Å². The van der Waals surface area contributed by atoms with Crippen LogP contribution in [0, 0.1) is 17.0 Å². The number of halogens is 1. The minimum atomic E-state index is -0.888. The number of hydrogen-bond acceptors (Lipinski definition) is 4. The van der Waals surface area contributed by atoms with Crippen LogP contribution in [0.3, 0.4) is 0 Å². The number of aliphatic carboxylic acids is 1. The Labute approximate surface area is 122 Å². The summed E-state index contributed by atoms with van der Waals surface area (Å²) in [6, 6.07) is 3.00. The molecule has 0 spiro atoms. The van der Waals surface area contributed by atoms with Gasteiger partial charge in [-0.25, -0.2) is 0 Å². The van der Waals surface area contributed by atoms with Crippen molar-refractivity contribution in [2.45, 2.75) is 33.2 Å². The normalized spacial score (nSPS) is 10.7. The Morgan fingerprint density at radius 3 is 2.55 bits per heavy atom. The maximum Gasteiger partial charge on any atom is 0.305 e. The molecule has 0 aliphatic heterocycles. The Hall–Kier alpha value is -1.82. The van der Waals surface area contributed by atoms with Crippen molar-refractivity contribution in [3.8, 4) is 0 Å². The molecule has 0 amide bonds. The molecule has 1 rings (SSSR count). The van der Waals surface area contributed by atoms with E-state index in [9.17, 15) is 14.9 Å². The summed E-state index contributed by atoms with van der Waals surface area (Å²) in [6.45, 7) is 5.92. The first-order chi connectivity index (χ1) is 9.23. The number of nitrogens with zero attached hydrogens (tertiary/aromatic N) is 2. The molecule has 20 heavy (non-hydrogen) atoms. The van der Waals surface area contributed by atoms with Crippen LogP contribution in [-0.4, -0.2) is 28.6 Å². The van der Waals surface area contributed by atoms with E-state index in [1.165, 1.54) is 12.1 Å². The minimum absolute atomic E-state index is 0.00771. The Balaban J connectivity index is 3.17. The van der Waals surface area contributed by atoms with Gasteiger partial charge in [-0.3, -0.25) is 14.9 Å². The van der Waals surface area contributed by atoms with Gasteiger partial charge in [0.25, 0.3) is 5.69 Å². The van der Waals surface area contributed by atoms with Crippen LogP contribution in [0.25, 0.3) is 0 Å². The second kappa shape index (κ2) is 6.56. The van der Waals surface area contributed by atoms with Gasteiger partial charge < -0.3 is 10.0 Å². The van der Waals surface area contributed by atoms with Crippen molar-refractivity contribution in [3.63, 3.8) is 0 Å². The van der Waals surface area contributed by atoms with Gasteiger partial charge in [0.2, 0.25) is 0 Å². The maximum atomic E-state index is 10.8. The third-order valence-electron chi connectivity index (χ3n) is 2.96. The fourth-order valence-electron chi connectivity index (χ4n) is 1.98. The van der Waals surface area contributed by atoms with Crippen LogP contribution < -0.4 is 4.90 Å². The van der Waals surface area contributed by atoms with E-state index in [0.29, 0.717) is 12.1 Å². The van der Waals surface area contributed by atoms with Gasteiger partial charge in [0.15, 0.2) is 0 Å². The molecule has 110 valence electrons. The van der Waals surface area contributed by atoms with Gasteiger partial charge >= 0.3 is 5.97 Å². The van der Waals surface area contributed by atoms with E-state index in [-0.39, 0.29) is 23.2 Å². The highest BCUT2D eigenvalue weighted by atomic mass is 35.5. The molecule has 0 fully saturated rings. The third-order valence-corrected chi connectivity index (χ3v) is 3.26. The van der Waals surface area contributed by atoms with E-state index >= 15 is 0 Å². The summed E-state index contributed by atoms with van der Waals surface area (Å²) in [6.07, 6.45) is -0.00771.